The molecule has 1 N–H and O–H groups in total. The monoisotopic (exact) mass is 549 g/mol. The zero-order valence-corrected chi connectivity index (χ0v) is 22.4. The highest BCUT2D eigenvalue weighted by molar-refractivity contribution is 6.35. The molecular formula is C26H30ClF2N5O4. The van der Waals surface area contributed by atoms with Crippen LogP contribution in [-0.2, 0) is 0 Å². The van der Waals surface area contributed by atoms with E-state index in [1.54, 1.807) is 4.90 Å². The predicted octanol–water partition coefficient (Wildman–Crippen LogP) is 3.80. The van der Waals surface area contributed by atoms with Crippen LogP contribution >= 0.6 is 11.6 Å². The topological polar surface area (TPSA) is 89.5 Å². The van der Waals surface area contributed by atoms with Crippen molar-refractivity contribution in [2.45, 2.75) is 37.9 Å². The number of pyridine rings is 1. The van der Waals surface area contributed by atoms with Gasteiger partial charge in [-0.1, -0.05) is 17.7 Å². The molecule has 0 aliphatic carbocycles. The van der Waals surface area contributed by atoms with E-state index < -0.39 is 29.3 Å². The number of ether oxygens (including phenoxy) is 1. The second kappa shape index (κ2) is 9.53. The number of piperazine rings is 1. The number of aromatic nitrogens is 1. The third-order valence-electron chi connectivity index (χ3n) is 7.78. The molecule has 0 spiro atoms. The van der Waals surface area contributed by atoms with Crippen molar-refractivity contribution in [3.05, 3.63) is 40.4 Å². The van der Waals surface area contributed by atoms with E-state index in [1.807, 2.05) is 32.8 Å². The Balaban J connectivity index is 1.71. The molecule has 3 aliphatic rings. The average Bonchev–Trinajstić information content (AvgIpc) is 3.11. The van der Waals surface area contributed by atoms with Crippen LogP contribution in [0.1, 0.15) is 30.6 Å². The minimum Gasteiger partial charge on any atom is -0.489 e. The Labute approximate surface area is 224 Å². The molecule has 2 atom stereocenters. The molecule has 0 radical (unpaired) electrons. The van der Waals surface area contributed by atoms with Crippen LogP contribution in [0.15, 0.2) is 18.2 Å². The van der Waals surface area contributed by atoms with Crippen LogP contribution in [0, 0.1) is 11.6 Å². The molecule has 4 heterocycles. The minimum atomic E-state index is -1.10. The summed E-state index contributed by atoms with van der Waals surface area (Å²) in [5.41, 5.74) is -0.458. The van der Waals surface area contributed by atoms with Gasteiger partial charge in [-0.2, -0.15) is 0 Å². The van der Waals surface area contributed by atoms with E-state index >= 15 is 0 Å². The first kappa shape index (κ1) is 26.4. The number of halogens is 3. The highest BCUT2D eigenvalue weighted by atomic mass is 35.5. The van der Waals surface area contributed by atoms with Gasteiger partial charge in [0.1, 0.15) is 23.0 Å². The number of carboxylic acid groups (broad SMARTS) is 1. The van der Waals surface area contributed by atoms with Gasteiger partial charge in [-0.15, -0.1) is 0 Å². The zero-order valence-electron chi connectivity index (χ0n) is 21.7. The maximum absolute atomic E-state index is 15.0. The lowest BCUT2D eigenvalue weighted by Gasteiger charge is -2.39. The molecule has 12 heteroatoms. The maximum Gasteiger partial charge on any atom is 0.407 e. The summed E-state index contributed by atoms with van der Waals surface area (Å²) in [6.07, 6.45) is -0.297. The Morgan fingerprint density at radius 3 is 2.63 bits per heavy atom. The summed E-state index contributed by atoms with van der Waals surface area (Å²) in [4.78, 5) is 37.4. The van der Waals surface area contributed by atoms with Gasteiger partial charge in [-0.3, -0.25) is 4.79 Å². The fraction of sp³-hybridized carbons (Fsp3) is 0.500. The van der Waals surface area contributed by atoms with E-state index in [9.17, 15) is 23.5 Å². The number of rotatable bonds is 3. The number of amides is 2. The Bertz CT molecular complexity index is 1310. The molecule has 0 saturated carbocycles. The van der Waals surface area contributed by atoms with Gasteiger partial charge < -0.3 is 29.4 Å². The first-order chi connectivity index (χ1) is 17.9. The fourth-order valence-corrected chi connectivity index (χ4v) is 5.90. The molecule has 2 fully saturated rings. The van der Waals surface area contributed by atoms with Crippen LogP contribution in [0.3, 0.4) is 0 Å². The number of likely N-dealkylation sites (N-methyl/N-ethyl adjacent to an activating group) is 1. The number of fused-ring (bicyclic) bond motifs is 2. The molecule has 5 rings (SSSR count). The molecule has 1 aromatic heterocycles. The van der Waals surface area contributed by atoms with Gasteiger partial charge in [-0.25, -0.2) is 18.6 Å². The van der Waals surface area contributed by atoms with Crippen LogP contribution < -0.4 is 9.64 Å². The Hall–Kier alpha value is -3.18. The largest absolute Gasteiger partial charge is 0.489 e. The number of anilines is 1. The SMILES string of the molecule is CN(C)[C@H]1CN(c2nc(-c3cccc(F)c3F)c(Cl)c3c2C(=O)N2CCN(C(=O)O)C[C@@H]2CO3)C(C)(C)C1. The molecular weight excluding hydrogens is 520 g/mol. The summed E-state index contributed by atoms with van der Waals surface area (Å²) >= 11 is 6.75. The number of benzene rings is 1. The van der Waals surface area contributed by atoms with Crippen molar-refractivity contribution in [3.8, 4) is 17.0 Å². The molecule has 0 bridgehead atoms. The van der Waals surface area contributed by atoms with Crippen LogP contribution in [0.4, 0.5) is 19.4 Å². The highest BCUT2D eigenvalue weighted by Gasteiger charge is 2.46. The Kier molecular flexibility index (Phi) is 6.63. The summed E-state index contributed by atoms with van der Waals surface area (Å²) in [7, 11) is 3.96. The summed E-state index contributed by atoms with van der Waals surface area (Å²) < 4.78 is 35.3. The molecule has 2 amide bonds. The van der Waals surface area contributed by atoms with Crippen LogP contribution in [-0.4, -0.2) is 101 Å². The lowest BCUT2D eigenvalue weighted by molar-refractivity contribution is 0.0390. The number of carbonyl (C=O) groups is 2. The first-order valence-electron chi connectivity index (χ1n) is 12.4. The van der Waals surface area contributed by atoms with Crippen molar-refractivity contribution in [1.82, 2.24) is 19.7 Å². The third-order valence-corrected chi connectivity index (χ3v) is 8.13. The van der Waals surface area contributed by atoms with Crippen molar-refractivity contribution in [1.29, 1.82) is 0 Å². The molecule has 9 nitrogen and oxygen atoms in total. The van der Waals surface area contributed by atoms with E-state index in [4.69, 9.17) is 21.3 Å². The molecule has 1 aromatic carbocycles. The second-order valence-electron chi connectivity index (χ2n) is 10.8. The van der Waals surface area contributed by atoms with Crippen molar-refractivity contribution in [3.63, 3.8) is 0 Å². The van der Waals surface area contributed by atoms with Gasteiger partial charge in [-0.05, 0) is 46.5 Å². The molecule has 2 aromatic rings. The fourth-order valence-electron chi connectivity index (χ4n) is 5.61. The number of hydrogen-bond donors (Lipinski definition) is 1. The number of hydrogen-bond acceptors (Lipinski definition) is 6. The van der Waals surface area contributed by atoms with E-state index in [0.29, 0.717) is 6.54 Å². The van der Waals surface area contributed by atoms with Crippen molar-refractivity contribution in [2.24, 2.45) is 0 Å². The first-order valence-corrected chi connectivity index (χ1v) is 12.8. The summed E-state index contributed by atoms with van der Waals surface area (Å²) in [6.45, 7) is 5.03. The van der Waals surface area contributed by atoms with E-state index in [-0.39, 0.29) is 71.6 Å². The smallest absolute Gasteiger partial charge is 0.407 e. The quantitative estimate of drug-likeness (QED) is 0.623. The molecule has 204 valence electrons. The van der Waals surface area contributed by atoms with Crippen LogP contribution in [0.2, 0.25) is 5.02 Å². The lowest BCUT2D eigenvalue weighted by atomic mass is 9.99. The molecule has 2 saturated heterocycles. The highest BCUT2D eigenvalue weighted by Crippen LogP contribution is 2.47. The van der Waals surface area contributed by atoms with Crippen LogP contribution in [0.25, 0.3) is 11.3 Å². The zero-order chi connectivity index (χ0) is 27.5. The molecule has 3 aliphatic heterocycles. The maximum atomic E-state index is 15.0. The van der Waals surface area contributed by atoms with E-state index in [1.165, 1.54) is 17.0 Å². The normalized spacial score (nSPS) is 22.7. The van der Waals surface area contributed by atoms with Gasteiger partial charge in [0.25, 0.3) is 5.91 Å². The molecule has 0 unspecified atom stereocenters. The van der Waals surface area contributed by atoms with Gasteiger partial charge >= 0.3 is 6.09 Å². The minimum absolute atomic E-state index is 0.0134. The predicted molar refractivity (Wildman–Crippen MR) is 138 cm³/mol. The van der Waals surface area contributed by atoms with Gasteiger partial charge in [0.05, 0.1) is 11.7 Å². The summed E-state index contributed by atoms with van der Waals surface area (Å²) in [6, 6.07) is 3.37. The standard InChI is InChI=1S/C26H30ClF2N5O4/c1-26(2)10-14(31(3)4)12-34(26)23-18-22(19(27)21(30-23)16-6-5-7-17(28)20(16)29)38-13-15-11-32(25(36)37)8-9-33(15)24(18)35/h5-7,14-15H,8-13H2,1-4H3,(H,36,37)/t14-,15-/m1/s1. The second-order valence-corrected chi connectivity index (χ2v) is 11.2. The Morgan fingerprint density at radius 2 is 1.97 bits per heavy atom. The third kappa shape index (κ3) is 4.31. The number of nitrogens with zero attached hydrogens (tertiary/aromatic N) is 5. The van der Waals surface area contributed by atoms with E-state index in [0.717, 1.165) is 12.5 Å². The number of carbonyl (C=O) groups excluding carboxylic acids is 1. The van der Waals surface area contributed by atoms with Gasteiger partial charge in [0.2, 0.25) is 0 Å². The van der Waals surface area contributed by atoms with Crippen molar-refractivity contribution in [2.75, 3.05) is 51.8 Å². The average molecular weight is 550 g/mol. The van der Waals surface area contributed by atoms with Crippen molar-refractivity contribution >= 4 is 29.4 Å². The van der Waals surface area contributed by atoms with E-state index in [2.05, 4.69) is 4.90 Å². The van der Waals surface area contributed by atoms with Gasteiger partial charge in [0, 0.05) is 43.3 Å². The van der Waals surface area contributed by atoms with Crippen molar-refractivity contribution < 1.29 is 28.2 Å². The lowest BCUT2D eigenvalue weighted by Crippen LogP contribution is -2.57. The molecule has 38 heavy (non-hydrogen) atoms. The Morgan fingerprint density at radius 1 is 1.24 bits per heavy atom. The summed E-state index contributed by atoms with van der Waals surface area (Å²) in [5.74, 6) is -2.21. The summed E-state index contributed by atoms with van der Waals surface area (Å²) in [5, 5.41) is 9.38. The van der Waals surface area contributed by atoms with Gasteiger partial charge in [0.15, 0.2) is 17.4 Å². The van der Waals surface area contributed by atoms with Crippen LogP contribution in [0.5, 0.6) is 5.75 Å².